The Morgan fingerprint density at radius 3 is 2.36 bits per heavy atom. The Bertz CT molecular complexity index is 556. The van der Waals surface area contributed by atoms with Gasteiger partial charge in [-0.2, -0.15) is 0 Å². The van der Waals surface area contributed by atoms with Crippen molar-refractivity contribution in [1.82, 2.24) is 16.0 Å². The van der Waals surface area contributed by atoms with E-state index in [-0.39, 0.29) is 35.3 Å². The van der Waals surface area contributed by atoms with Gasteiger partial charge in [-0.3, -0.25) is 4.79 Å². The number of nitrogens with one attached hydrogen (secondary N) is 3. The lowest BCUT2D eigenvalue weighted by Gasteiger charge is -2.18. The number of halogens is 1. The lowest BCUT2D eigenvalue weighted by molar-refractivity contribution is -0.128. The maximum atomic E-state index is 11.8. The van der Waals surface area contributed by atoms with Gasteiger partial charge in [0.05, 0.1) is 13.7 Å². The Balaban J connectivity index is 0.00000576. The minimum Gasteiger partial charge on any atom is -0.496 e. The molecule has 0 unspecified atom stereocenters. The first-order valence-electron chi connectivity index (χ1n) is 8.31. The van der Waals surface area contributed by atoms with Crippen LogP contribution in [-0.4, -0.2) is 38.6 Å². The molecule has 1 aromatic carbocycles. The molecule has 0 saturated carbocycles. The van der Waals surface area contributed by atoms with Crippen LogP contribution in [0.15, 0.2) is 29.3 Å². The fourth-order valence-corrected chi connectivity index (χ4v) is 1.96. The first-order chi connectivity index (χ1) is 11.4. The predicted octanol–water partition coefficient (Wildman–Crippen LogP) is 2.53. The number of aliphatic imine (C=N–C) groups is 1. The van der Waals surface area contributed by atoms with Gasteiger partial charge >= 0.3 is 0 Å². The molecule has 0 spiro atoms. The lowest BCUT2D eigenvalue weighted by Crippen LogP contribution is -2.43. The summed E-state index contributed by atoms with van der Waals surface area (Å²) in [5, 5.41) is 9.32. The van der Waals surface area contributed by atoms with Crippen molar-refractivity contribution in [2.75, 3.05) is 26.7 Å². The molecule has 0 saturated heterocycles. The Morgan fingerprint density at radius 1 is 1.12 bits per heavy atom. The van der Waals surface area contributed by atoms with E-state index in [9.17, 15) is 4.79 Å². The Kier molecular flexibility index (Phi) is 11.2. The Morgan fingerprint density at radius 2 is 1.76 bits per heavy atom. The van der Waals surface area contributed by atoms with Crippen molar-refractivity contribution in [3.8, 4) is 5.75 Å². The van der Waals surface area contributed by atoms with Crippen LogP contribution in [0.2, 0.25) is 0 Å². The molecular formula is C18H31IN4O2. The fourth-order valence-electron chi connectivity index (χ4n) is 1.96. The normalized spacial score (nSPS) is 11.3. The zero-order valence-corrected chi connectivity index (χ0v) is 18.1. The van der Waals surface area contributed by atoms with Crippen LogP contribution in [0.1, 0.15) is 33.3 Å². The molecule has 7 heteroatoms. The maximum absolute atomic E-state index is 11.8. The van der Waals surface area contributed by atoms with Crippen LogP contribution in [0.5, 0.6) is 5.75 Å². The lowest BCUT2D eigenvalue weighted by atomic mass is 9.96. The van der Waals surface area contributed by atoms with E-state index in [1.165, 1.54) is 0 Å². The molecule has 0 bridgehead atoms. The van der Waals surface area contributed by atoms with E-state index in [0.717, 1.165) is 17.9 Å². The number of methoxy groups -OCH3 is 1. The molecular weight excluding hydrogens is 431 g/mol. The summed E-state index contributed by atoms with van der Waals surface area (Å²) in [7, 11) is 1.66. The molecule has 0 atom stereocenters. The highest BCUT2D eigenvalue weighted by Gasteiger charge is 2.20. The van der Waals surface area contributed by atoms with Crippen LogP contribution in [0.4, 0.5) is 0 Å². The summed E-state index contributed by atoms with van der Waals surface area (Å²) >= 11 is 0. The molecule has 0 radical (unpaired) electrons. The highest BCUT2D eigenvalue weighted by atomic mass is 127. The second-order valence-corrected chi connectivity index (χ2v) is 6.44. The smallest absolute Gasteiger partial charge is 0.225 e. The standard InChI is InChI=1S/C18H30N4O2.HI/c1-6-19-17(21-12-11-20-16(23)18(2,3)4)22-13-14-9-7-8-10-15(14)24-5;/h7-10H,6,11-13H2,1-5H3,(H,20,23)(H2,19,21,22);1H. The van der Waals surface area contributed by atoms with Gasteiger partial charge in [0.1, 0.15) is 5.75 Å². The third-order valence-electron chi connectivity index (χ3n) is 3.33. The van der Waals surface area contributed by atoms with E-state index in [4.69, 9.17) is 4.74 Å². The third-order valence-corrected chi connectivity index (χ3v) is 3.33. The number of hydrogen-bond donors (Lipinski definition) is 3. The van der Waals surface area contributed by atoms with Gasteiger partial charge in [-0.25, -0.2) is 4.99 Å². The van der Waals surface area contributed by atoms with Crippen LogP contribution in [0.3, 0.4) is 0 Å². The molecule has 25 heavy (non-hydrogen) atoms. The quantitative estimate of drug-likeness (QED) is 0.252. The number of hydrogen-bond acceptors (Lipinski definition) is 3. The van der Waals surface area contributed by atoms with Crippen LogP contribution < -0.4 is 20.7 Å². The average Bonchev–Trinajstić information content (AvgIpc) is 2.55. The van der Waals surface area contributed by atoms with E-state index >= 15 is 0 Å². The molecule has 1 rings (SSSR count). The number of ether oxygens (including phenoxy) is 1. The van der Waals surface area contributed by atoms with Crippen molar-refractivity contribution in [2.24, 2.45) is 10.4 Å². The zero-order valence-electron chi connectivity index (χ0n) is 15.8. The van der Waals surface area contributed by atoms with Crippen LogP contribution >= 0.6 is 24.0 Å². The second-order valence-electron chi connectivity index (χ2n) is 6.44. The molecule has 1 amide bonds. The Labute approximate surface area is 168 Å². The number of guanidine groups is 1. The minimum absolute atomic E-state index is 0. The van der Waals surface area contributed by atoms with Gasteiger partial charge in [0.2, 0.25) is 5.91 Å². The van der Waals surface area contributed by atoms with E-state index in [2.05, 4.69) is 20.9 Å². The molecule has 0 aliphatic carbocycles. The second kappa shape index (κ2) is 11.9. The van der Waals surface area contributed by atoms with Crippen molar-refractivity contribution in [3.05, 3.63) is 29.8 Å². The number of para-hydroxylation sites is 1. The van der Waals surface area contributed by atoms with Gasteiger partial charge in [0.15, 0.2) is 5.96 Å². The molecule has 0 aliphatic rings. The van der Waals surface area contributed by atoms with Gasteiger partial charge in [-0.15, -0.1) is 24.0 Å². The summed E-state index contributed by atoms with van der Waals surface area (Å²) in [6.07, 6.45) is 0. The summed E-state index contributed by atoms with van der Waals surface area (Å²) in [6.45, 7) is 10.2. The van der Waals surface area contributed by atoms with Crippen LogP contribution in [0, 0.1) is 5.41 Å². The fraction of sp³-hybridized carbons (Fsp3) is 0.556. The number of rotatable bonds is 7. The largest absolute Gasteiger partial charge is 0.496 e. The zero-order chi connectivity index (χ0) is 18.0. The van der Waals surface area contributed by atoms with Crippen molar-refractivity contribution < 1.29 is 9.53 Å². The van der Waals surface area contributed by atoms with Gasteiger partial charge in [-0.1, -0.05) is 39.0 Å². The molecule has 0 aliphatic heterocycles. The molecule has 0 fully saturated rings. The average molecular weight is 462 g/mol. The van der Waals surface area contributed by atoms with Crippen molar-refractivity contribution in [2.45, 2.75) is 34.2 Å². The van der Waals surface area contributed by atoms with Crippen LogP contribution in [0.25, 0.3) is 0 Å². The number of benzene rings is 1. The van der Waals surface area contributed by atoms with Gasteiger partial charge in [-0.05, 0) is 13.0 Å². The molecule has 3 N–H and O–H groups in total. The van der Waals surface area contributed by atoms with E-state index in [1.807, 2.05) is 52.0 Å². The highest BCUT2D eigenvalue weighted by molar-refractivity contribution is 14.0. The monoisotopic (exact) mass is 462 g/mol. The van der Waals surface area contributed by atoms with Crippen molar-refractivity contribution in [3.63, 3.8) is 0 Å². The topological polar surface area (TPSA) is 74.8 Å². The summed E-state index contributed by atoms with van der Waals surface area (Å²) in [5.74, 6) is 1.59. The number of carbonyl (C=O) groups excluding carboxylic acids is 1. The van der Waals surface area contributed by atoms with Crippen LogP contribution in [-0.2, 0) is 11.3 Å². The maximum Gasteiger partial charge on any atom is 0.225 e. The minimum atomic E-state index is -0.373. The van der Waals surface area contributed by atoms with Crippen molar-refractivity contribution in [1.29, 1.82) is 0 Å². The summed E-state index contributed by atoms with van der Waals surface area (Å²) in [4.78, 5) is 16.4. The number of nitrogens with zero attached hydrogens (tertiary/aromatic N) is 1. The van der Waals surface area contributed by atoms with Gasteiger partial charge in [0, 0.05) is 30.6 Å². The van der Waals surface area contributed by atoms with Gasteiger partial charge < -0.3 is 20.7 Å². The highest BCUT2D eigenvalue weighted by Crippen LogP contribution is 2.17. The molecule has 1 aromatic rings. The van der Waals surface area contributed by atoms with E-state index < -0.39 is 0 Å². The molecule has 142 valence electrons. The predicted molar refractivity (Wildman–Crippen MR) is 114 cm³/mol. The van der Waals surface area contributed by atoms with Gasteiger partial charge in [0.25, 0.3) is 0 Å². The molecule has 0 heterocycles. The SMILES string of the molecule is CCNC(=NCc1ccccc1OC)NCCNC(=O)C(C)(C)C.I. The summed E-state index contributed by atoms with van der Waals surface area (Å²) in [5.41, 5.74) is 0.654. The third kappa shape index (κ3) is 8.94. The summed E-state index contributed by atoms with van der Waals surface area (Å²) in [6, 6.07) is 7.83. The van der Waals surface area contributed by atoms with Crippen molar-refractivity contribution >= 4 is 35.8 Å². The molecule has 6 nitrogen and oxygen atoms in total. The van der Waals surface area contributed by atoms with E-state index in [1.54, 1.807) is 7.11 Å². The first-order valence-corrected chi connectivity index (χ1v) is 8.31. The number of amides is 1. The number of carbonyl (C=O) groups is 1. The first kappa shape index (κ1) is 23.5. The van der Waals surface area contributed by atoms with E-state index in [0.29, 0.717) is 25.6 Å². The summed E-state index contributed by atoms with van der Waals surface area (Å²) < 4.78 is 5.34. The molecule has 0 aromatic heterocycles. The Hall–Kier alpha value is -1.51.